The van der Waals surface area contributed by atoms with Crippen LogP contribution in [0.1, 0.15) is 15.4 Å². The Morgan fingerprint density at radius 3 is 2.62 bits per heavy atom. The van der Waals surface area contributed by atoms with Crippen molar-refractivity contribution in [3.63, 3.8) is 0 Å². The highest BCUT2D eigenvalue weighted by Crippen LogP contribution is 2.30. The average Bonchev–Trinajstić information content (AvgIpc) is 3.67. The Balaban J connectivity index is 1.17. The number of thiazole rings is 1. The van der Waals surface area contributed by atoms with Crippen molar-refractivity contribution in [2.24, 2.45) is 0 Å². The second kappa shape index (κ2) is 9.05. The molecule has 37 heavy (non-hydrogen) atoms. The molecule has 1 fully saturated rings. The molecule has 0 atom stereocenters. The van der Waals surface area contributed by atoms with Gasteiger partial charge in [0.1, 0.15) is 29.7 Å². The molecule has 1 aliphatic rings. The minimum Gasteiger partial charge on any atom is -0.353 e. The fourth-order valence-corrected chi connectivity index (χ4v) is 5.39. The smallest absolute Gasteiger partial charge is 0.270 e. The number of nitro benzene ring substituents is 1. The maximum Gasteiger partial charge on any atom is 0.270 e. The molecule has 1 aromatic carbocycles. The van der Waals surface area contributed by atoms with Crippen molar-refractivity contribution < 1.29 is 9.72 Å². The third-order valence-corrected chi connectivity index (χ3v) is 7.43. The number of piperazine rings is 1. The minimum absolute atomic E-state index is 0.0113. The number of benzene rings is 1. The summed E-state index contributed by atoms with van der Waals surface area (Å²) in [6, 6.07) is 8.22. The van der Waals surface area contributed by atoms with Crippen LogP contribution in [-0.2, 0) is 0 Å². The predicted octanol–water partition coefficient (Wildman–Crippen LogP) is 2.61. The summed E-state index contributed by atoms with van der Waals surface area (Å²) >= 11 is 1.33. The molecular weight excluding hydrogens is 496 g/mol. The van der Waals surface area contributed by atoms with E-state index in [1.807, 2.05) is 28.5 Å². The first-order valence-corrected chi connectivity index (χ1v) is 12.2. The predicted molar refractivity (Wildman–Crippen MR) is 135 cm³/mol. The van der Waals surface area contributed by atoms with E-state index in [1.165, 1.54) is 36.1 Å². The molecule has 0 radical (unpaired) electrons. The summed E-state index contributed by atoms with van der Waals surface area (Å²) in [7, 11) is 0. The van der Waals surface area contributed by atoms with Gasteiger partial charge in [-0.3, -0.25) is 19.3 Å². The van der Waals surface area contributed by atoms with Crippen LogP contribution >= 0.6 is 11.3 Å². The highest BCUT2D eigenvalue weighted by atomic mass is 32.1. The SMILES string of the molecule is Cc1c(C(=O)N2CCN(c3cc(-n4cncn4)ncn3)CC2)sc2nc(-c3cccc([N+](=O)[O-])c3)cn12. The van der Waals surface area contributed by atoms with E-state index < -0.39 is 4.92 Å². The van der Waals surface area contributed by atoms with Crippen molar-refractivity contribution in [1.82, 2.24) is 39.0 Å². The number of amides is 1. The number of carbonyl (C=O) groups excluding carboxylic acids is 1. The Bertz CT molecular complexity index is 1620. The number of hydrogen-bond acceptors (Lipinski definition) is 10. The molecule has 4 aromatic heterocycles. The molecule has 13 nitrogen and oxygen atoms in total. The van der Waals surface area contributed by atoms with Crippen LogP contribution in [0.5, 0.6) is 0 Å². The van der Waals surface area contributed by atoms with Gasteiger partial charge in [-0.1, -0.05) is 23.5 Å². The van der Waals surface area contributed by atoms with Crippen molar-refractivity contribution in [3.8, 4) is 17.1 Å². The van der Waals surface area contributed by atoms with Crippen molar-refractivity contribution in [3.05, 3.63) is 76.2 Å². The maximum atomic E-state index is 13.4. The van der Waals surface area contributed by atoms with Gasteiger partial charge >= 0.3 is 0 Å². The Labute approximate surface area is 213 Å². The Morgan fingerprint density at radius 2 is 1.89 bits per heavy atom. The molecule has 14 heteroatoms. The highest BCUT2D eigenvalue weighted by Gasteiger charge is 2.27. The van der Waals surface area contributed by atoms with E-state index in [1.54, 1.807) is 23.1 Å². The lowest BCUT2D eigenvalue weighted by Gasteiger charge is -2.35. The number of imidazole rings is 1. The summed E-state index contributed by atoms with van der Waals surface area (Å²) in [5.74, 6) is 1.37. The second-order valence-electron chi connectivity index (χ2n) is 8.46. The number of anilines is 1. The summed E-state index contributed by atoms with van der Waals surface area (Å²) in [6.07, 6.45) is 6.34. The first-order valence-electron chi connectivity index (χ1n) is 11.4. The fourth-order valence-electron chi connectivity index (χ4n) is 4.31. The van der Waals surface area contributed by atoms with Crippen LogP contribution in [0.25, 0.3) is 22.0 Å². The van der Waals surface area contributed by atoms with Gasteiger partial charge < -0.3 is 9.80 Å². The van der Waals surface area contributed by atoms with E-state index in [0.29, 0.717) is 53.1 Å². The van der Waals surface area contributed by atoms with E-state index in [4.69, 9.17) is 0 Å². The summed E-state index contributed by atoms with van der Waals surface area (Å²) in [5.41, 5.74) is 2.09. The van der Waals surface area contributed by atoms with Crippen LogP contribution in [0, 0.1) is 17.0 Å². The van der Waals surface area contributed by atoms with E-state index in [-0.39, 0.29) is 11.6 Å². The summed E-state index contributed by atoms with van der Waals surface area (Å²) in [5, 5.41) is 15.2. The van der Waals surface area contributed by atoms with E-state index in [9.17, 15) is 14.9 Å². The van der Waals surface area contributed by atoms with Crippen molar-refractivity contribution in [2.45, 2.75) is 6.92 Å². The lowest BCUT2D eigenvalue weighted by Crippen LogP contribution is -2.49. The molecule has 5 aromatic rings. The number of nitro groups is 1. The summed E-state index contributed by atoms with van der Waals surface area (Å²) in [4.78, 5) is 46.5. The van der Waals surface area contributed by atoms with Gasteiger partial charge in [-0.25, -0.2) is 24.6 Å². The molecule has 1 saturated heterocycles. The lowest BCUT2D eigenvalue weighted by atomic mass is 10.1. The topological polar surface area (TPSA) is 140 Å². The molecule has 1 aliphatic heterocycles. The minimum atomic E-state index is -0.426. The van der Waals surface area contributed by atoms with E-state index >= 15 is 0 Å². The fraction of sp³-hybridized carbons (Fsp3) is 0.217. The average molecular weight is 517 g/mol. The molecule has 0 spiro atoms. The maximum absolute atomic E-state index is 13.4. The van der Waals surface area contributed by atoms with Crippen molar-refractivity contribution in [1.29, 1.82) is 0 Å². The molecule has 0 saturated carbocycles. The number of hydrogen-bond donors (Lipinski definition) is 0. The largest absolute Gasteiger partial charge is 0.353 e. The third kappa shape index (κ3) is 4.16. The number of aromatic nitrogens is 7. The molecule has 6 rings (SSSR count). The molecule has 186 valence electrons. The number of aryl methyl sites for hydroxylation is 1. The van der Waals surface area contributed by atoms with Gasteiger partial charge in [-0.05, 0) is 6.92 Å². The van der Waals surface area contributed by atoms with Gasteiger partial charge in [0.05, 0.1) is 10.6 Å². The third-order valence-electron chi connectivity index (χ3n) is 6.29. The Morgan fingerprint density at radius 1 is 1.08 bits per heavy atom. The zero-order valence-corrected chi connectivity index (χ0v) is 20.4. The quantitative estimate of drug-likeness (QED) is 0.255. The molecule has 0 bridgehead atoms. The Kier molecular flexibility index (Phi) is 5.56. The summed E-state index contributed by atoms with van der Waals surface area (Å²) < 4.78 is 3.44. The first kappa shape index (κ1) is 22.7. The van der Waals surface area contributed by atoms with Crippen LogP contribution in [0.2, 0.25) is 0 Å². The van der Waals surface area contributed by atoms with Gasteiger partial charge in [-0.15, -0.1) is 0 Å². The molecule has 1 amide bonds. The van der Waals surface area contributed by atoms with Crippen LogP contribution in [0.4, 0.5) is 11.5 Å². The van der Waals surface area contributed by atoms with E-state index in [2.05, 4.69) is 29.9 Å². The number of rotatable bonds is 5. The summed E-state index contributed by atoms with van der Waals surface area (Å²) in [6.45, 7) is 4.27. The number of nitrogens with zero attached hydrogens (tertiary/aromatic N) is 10. The molecule has 5 heterocycles. The van der Waals surface area contributed by atoms with Crippen molar-refractivity contribution in [2.75, 3.05) is 31.1 Å². The highest BCUT2D eigenvalue weighted by molar-refractivity contribution is 7.19. The standard InChI is InChI=1S/C23H20N10O3S/c1-15-21(37-23-28-18(11-31(15)23)16-3-2-4-17(9-16)33(35)36)22(34)30-7-5-29(6-8-30)19-10-20(26-13-25-19)32-14-24-12-27-32/h2-4,9-14H,5-8H2,1H3. The lowest BCUT2D eigenvalue weighted by molar-refractivity contribution is -0.384. The van der Waals surface area contributed by atoms with Crippen LogP contribution in [-0.4, -0.2) is 76.0 Å². The number of fused-ring (bicyclic) bond motifs is 1. The van der Waals surface area contributed by atoms with Gasteiger partial charge in [0.2, 0.25) is 0 Å². The molecule has 0 N–H and O–H groups in total. The van der Waals surface area contributed by atoms with E-state index in [0.717, 1.165) is 11.5 Å². The Hall–Kier alpha value is -4.72. The van der Waals surface area contributed by atoms with Crippen molar-refractivity contribution >= 4 is 33.7 Å². The monoisotopic (exact) mass is 516 g/mol. The molecule has 0 aliphatic carbocycles. The molecule has 0 unspecified atom stereocenters. The zero-order valence-electron chi connectivity index (χ0n) is 19.6. The normalized spacial score (nSPS) is 13.9. The van der Waals surface area contributed by atoms with Crippen LogP contribution < -0.4 is 4.90 Å². The first-order chi connectivity index (χ1) is 18.0. The number of carbonyl (C=O) groups is 1. The van der Waals surface area contributed by atoms with Gasteiger partial charge in [0.15, 0.2) is 10.8 Å². The van der Waals surface area contributed by atoms with Gasteiger partial charge in [-0.2, -0.15) is 5.10 Å². The van der Waals surface area contributed by atoms with Gasteiger partial charge in [0, 0.05) is 61.8 Å². The number of non-ortho nitro benzene ring substituents is 1. The molecular formula is C23H20N10O3S. The zero-order chi connectivity index (χ0) is 25.5. The van der Waals surface area contributed by atoms with Crippen LogP contribution in [0.3, 0.4) is 0 Å². The van der Waals surface area contributed by atoms with Crippen LogP contribution in [0.15, 0.2) is 55.5 Å². The second-order valence-corrected chi connectivity index (χ2v) is 9.43. The van der Waals surface area contributed by atoms with Gasteiger partial charge in [0.25, 0.3) is 11.6 Å².